The Bertz CT molecular complexity index is 569. The van der Waals surface area contributed by atoms with Gasteiger partial charge in [0.15, 0.2) is 11.0 Å². The maximum atomic E-state index is 10.7. The van der Waals surface area contributed by atoms with Crippen molar-refractivity contribution < 1.29 is 14.6 Å². The standard InChI is InChI=1S/C13H17N3O3S2/c1-2-19-7-4-6-16-12(10-5-3-8-20-10)14-15-13(16)21-9-11(17)18/h3,5,8H,2,4,6-7,9H2,1H3,(H,17,18). The monoisotopic (exact) mass is 327 g/mol. The molecule has 2 aromatic rings. The lowest BCUT2D eigenvalue weighted by Gasteiger charge is -2.08. The van der Waals surface area contributed by atoms with Crippen LogP contribution < -0.4 is 0 Å². The zero-order valence-electron chi connectivity index (χ0n) is 11.7. The maximum absolute atomic E-state index is 10.7. The van der Waals surface area contributed by atoms with Gasteiger partial charge in [-0.2, -0.15) is 0 Å². The summed E-state index contributed by atoms with van der Waals surface area (Å²) in [5, 5.41) is 19.8. The molecule has 0 spiro atoms. The third kappa shape index (κ3) is 4.55. The van der Waals surface area contributed by atoms with Crippen molar-refractivity contribution in [2.75, 3.05) is 19.0 Å². The van der Waals surface area contributed by atoms with Crippen LogP contribution in [0.2, 0.25) is 0 Å². The molecule has 1 N–H and O–H groups in total. The number of carboxylic acid groups (broad SMARTS) is 1. The van der Waals surface area contributed by atoms with Crippen molar-refractivity contribution in [3.05, 3.63) is 17.5 Å². The van der Waals surface area contributed by atoms with E-state index in [2.05, 4.69) is 10.2 Å². The van der Waals surface area contributed by atoms with Gasteiger partial charge < -0.3 is 14.4 Å². The van der Waals surface area contributed by atoms with Crippen LogP contribution in [-0.4, -0.2) is 44.8 Å². The highest BCUT2D eigenvalue weighted by Crippen LogP contribution is 2.27. The van der Waals surface area contributed by atoms with E-state index >= 15 is 0 Å². The van der Waals surface area contributed by atoms with Gasteiger partial charge in [-0.25, -0.2) is 0 Å². The first kappa shape index (κ1) is 16.0. The van der Waals surface area contributed by atoms with E-state index in [9.17, 15) is 4.79 Å². The largest absolute Gasteiger partial charge is 0.481 e. The van der Waals surface area contributed by atoms with Gasteiger partial charge in [0.1, 0.15) is 0 Å². The number of thioether (sulfide) groups is 1. The van der Waals surface area contributed by atoms with Crippen molar-refractivity contribution in [3.8, 4) is 10.7 Å². The van der Waals surface area contributed by atoms with Crippen LogP contribution in [0.3, 0.4) is 0 Å². The van der Waals surface area contributed by atoms with E-state index in [-0.39, 0.29) is 5.75 Å². The molecule has 21 heavy (non-hydrogen) atoms. The maximum Gasteiger partial charge on any atom is 0.313 e. The number of carboxylic acids is 1. The Morgan fingerprint density at radius 2 is 2.38 bits per heavy atom. The van der Waals surface area contributed by atoms with Crippen molar-refractivity contribution in [2.45, 2.75) is 25.0 Å². The van der Waals surface area contributed by atoms with Gasteiger partial charge in [-0.05, 0) is 24.8 Å². The molecule has 0 atom stereocenters. The first-order valence-corrected chi connectivity index (χ1v) is 8.48. The molecule has 0 saturated carbocycles. The summed E-state index contributed by atoms with van der Waals surface area (Å²) in [6.07, 6.45) is 0.838. The summed E-state index contributed by atoms with van der Waals surface area (Å²) in [6, 6.07) is 3.95. The zero-order chi connectivity index (χ0) is 15.1. The van der Waals surface area contributed by atoms with Gasteiger partial charge in [0.2, 0.25) is 0 Å². The second-order valence-corrected chi connectivity index (χ2v) is 6.06. The molecule has 6 nitrogen and oxygen atoms in total. The lowest BCUT2D eigenvalue weighted by Crippen LogP contribution is -2.07. The second-order valence-electron chi connectivity index (χ2n) is 4.17. The molecule has 0 bridgehead atoms. The Labute approximate surface area is 131 Å². The van der Waals surface area contributed by atoms with Crippen molar-refractivity contribution in [2.24, 2.45) is 0 Å². The van der Waals surface area contributed by atoms with Gasteiger partial charge in [-0.1, -0.05) is 17.8 Å². The summed E-state index contributed by atoms with van der Waals surface area (Å²) in [6.45, 7) is 4.04. The number of thiophene rings is 1. The quantitative estimate of drug-likeness (QED) is 0.563. The van der Waals surface area contributed by atoms with Gasteiger partial charge in [0.05, 0.1) is 10.6 Å². The average molecular weight is 327 g/mol. The Kier molecular flexibility index (Phi) is 6.21. The summed E-state index contributed by atoms with van der Waals surface area (Å²) in [4.78, 5) is 11.8. The number of ether oxygens (including phenoxy) is 1. The van der Waals surface area contributed by atoms with Gasteiger partial charge in [0.25, 0.3) is 0 Å². The first-order valence-electron chi connectivity index (χ1n) is 6.61. The van der Waals surface area contributed by atoms with E-state index in [1.165, 1.54) is 11.8 Å². The Hall–Kier alpha value is -1.38. The average Bonchev–Trinajstić information content (AvgIpc) is 3.10. The molecule has 2 heterocycles. The fourth-order valence-electron chi connectivity index (χ4n) is 1.78. The Morgan fingerprint density at radius 1 is 1.52 bits per heavy atom. The van der Waals surface area contributed by atoms with Crippen LogP contribution in [0, 0.1) is 0 Å². The molecular formula is C13H17N3O3S2. The minimum absolute atomic E-state index is 0.0198. The molecule has 2 aromatic heterocycles. The van der Waals surface area contributed by atoms with Crippen LogP contribution in [0.4, 0.5) is 0 Å². The van der Waals surface area contributed by atoms with Crippen LogP contribution in [0.5, 0.6) is 0 Å². The minimum atomic E-state index is -0.860. The SMILES string of the molecule is CCOCCCn1c(SCC(=O)O)nnc1-c1cccs1. The molecule has 0 aliphatic heterocycles. The van der Waals surface area contributed by atoms with E-state index < -0.39 is 5.97 Å². The Balaban J connectivity index is 2.14. The lowest BCUT2D eigenvalue weighted by molar-refractivity contribution is -0.133. The van der Waals surface area contributed by atoms with E-state index in [1.54, 1.807) is 11.3 Å². The second kappa shape index (κ2) is 8.16. The molecule has 114 valence electrons. The summed E-state index contributed by atoms with van der Waals surface area (Å²) in [5.74, 6) is -0.0930. The smallest absolute Gasteiger partial charge is 0.313 e. The highest BCUT2D eigenvalue weighted by Gasteiger charge is 2.15. The normalized spacial score (nSPS) is 10.9. The molecule has 2 rings (SSSR count). The molecule has 0 aromatic carbocycles. The molecule has 0 unspecified atom stereocenters. The third-order valence-corrected chi connectivity index (χ3v) is 4.47. The molecule has 0 amide bonds. The van der Waals surface area contributed by atoms with Gasteiger partial charge >= 0.3 is 5.97 Å². The molecule has 0 aliphatic carbocycles. The Morgan fingerprint density at radius 3 is 3.05 bits per heavy atom. The molecule has 8 heteroatoms. The summed E-state index contributed by atoms with van der Waals surface area (Å²) in [7, 11) is 0. The molecule has 0 saturated heterocycles. The van der Waals surface area contributed by atoms with Crippen LogP contribution >= 0.6 is 23.1 Å². The predicted octanol–water partition coefficient (Wildman–Crippen LogP) is 2.61. The van der Waals surface area contributed by atoms with E-state index in [0.717, 1.165) is 17.1 Å². The zero-order valence-corrected chi connectivity index (χ0v) is 13.3. The van der Waals surface area contributed by atoms with Crippen molar-refractivity contribution in [1.82, 2.24) is 14.8 Å². The topological polar surface area (TPSA) is 77.2 Å². The van der Waals surface area contributed by atoms with Gasteiger partial charge in [-0.3, -0.25) is 4.79 Å². The van der Waals surface area contributed by atoms with Crippen molar-refractivity contribution in [1.29, 1.82) is 0 Å². The fourth-order valence-corrected chi connectivity index (χ4v) is 3.18. The van der Waals surface area contributed by atoms with Crippen molar-refractivity contribution in [3.63, 3.8) is 0 Å². The van der Waals surface area contributed by atoms with Crippen LogP contribution in [0.1, 0.15) is 13.3 Å². The van der Waals surface area contributed by atoms with E-state index in [1.807, 2.05) is 29.0 Å². The molecule has 0 aliphatic rings. The number of carbonyl (C=O) groups is 1. The third-order valence-electron chi connectivity index (χ3n) is 2.66. The lowest BCUT2D eigenvalue weighted by atomic mass is 10.4. The summed E-state index contributed by atoms with van der Waals surface area (Å²) < 4.78 is 7.32. The number of aromatic nitrogens is 3. The fraction of sp³-hybridized carbons (Fsp3) is 0.462. The predicted molar refractivity (Wildman–Crippen MR) is 82.8 cm³/mol. The van der Waals surface area contributed by atoms with Crippen LogP contribution in [0.25, 0.3) is 10.7 Å². The number of hydrogen-bond donors (Lipinski definition) is 1. The molecular weight excluding hydrogens is 310 g/mol. The van der Waals surface area contributed by atoms with Crippen LogP contribution in [0.15, 0.2) is 22.7 Å². The summed E-state index contributed by atoms with van der Waals surface area (Å²) >= 11 is 2.78. The number of aliphatic carboxylic acids is 1. The molecule has 0 radical (unpaired) electrons. The van der Waals surface area contributed by atoms with Gasteiger partial charge in [-0.15, -0.1) is 21.5 Å². The van der Waals surface area contributed by atoms with Crippen molar-refractivity contribution >= 4 is 29.1 Å². The van der Waals surface area contributed by atoms with E-state index in [0.29, 0.717) is 24.9 Å². The minimum Gasteiger partial charge on any atom is -0.481 e. The number of hydrogen-bond acceptors (Lipinski definition) is 6. The molecule has 0 fully saturated rings. The van der Waals surface area contributed by atoms with E-state index in [4.69, 9.17) is 9.84 Å². The number of nitrogens with zero attached hydrogens (tertiary/aromatic N) is 3. The summed E-state index contributed by atoms with van der Waals surface area (Å²) in [5.41, 5.74) is 0. The van der Waals surface area contributed by atoms with Crippen LogP contribution in [-0.2, 0) is 16.1 Å². The highest BCUT2D eigenvalue weighted by atomic mass is 32.2. The van der Waals surface area contributed by atoms with Gasteiger partial charge in [0, 0.05) is 19.8 Å². The highest BCUT2D eigenvalue weighted by molar-refractivity contribution is 7.99. The first-order chi connectivity index (χ1) is 10.2. The number of rotatable bonds is 9.